The van der Waals surface area contributed by atoms with E-state index in [0.29, 0.717) is 17.4 Å². The van der Waals surface area contributed by atoms with E-state index < -0.39 is 0 Å². The molecule has 2 heteroatoms. The van der Waals surface area contributed by atoms with Gasteiger partial charge >= 0.3 is 0 Å². The third kappa shape index (κ3) is 4.89. The molecule has 0 aromatic carbocycles. The molecule has 1 N–H and O–H groups in total. The predicted octanol–water partition coefficient (Wildman–Crippen LogP) is 3.71. The van der Waals surface area contributed by atoms with Crippen LogP contribution in [0.15, 0.2) is 0 Å². The van der Waals surface area contributed by atoms with Crippen LogP contribution in [0.25, 0.3) is 0 Å². The Morgan fingerprint density at radius 3 is 2.50 bits per heavy atom. The Morgan fingerprint density at radius 2 is 1.94 bits per heavy atom. The minimum absolute atomic E-state index is 0.515. The monoisotopic (exact) mass is 255 g/mol. The summed E-state index contributed by atoms with van der Waals surface area (Å²) in [6.07, 6.45) is 4.08. The van der Waals surface area contributed by atoms with Crippen molar-refractivity contribution < 1.29 is 4.74 Å². The van der Waals surface area contributed by atoms with Gasteiger partial charge in [0.25, 0.3) is 0 Å². The topological polar surface area (TPSA) is 21.3 Å². The fraction of sp³-hybridized carbons (Fsp3) is 1.00. The highest BCUT2D eigenvalue weighted by molar-refractivity contribution is 4.88. The van der Waals surface area contributed by atoms with Crippen LogP contribution in [0.5, 0.6) is 0 Å². The van der Waals surface area contributed by atoms with Gasteiger partial charge in [0.15, 0.2) is 0 Å². The number of hydrogen-bond acceptors (Lipinski definition) is 2. The Bertz CT molecular complexity index is 235. The first kappa shape index (κ1) is 16.0. The molecule has 0 aromatic heterocycles. The van der Waals surface area contributed by atoms with Crippen molar-refractivity contribution in [2.24, 2.45) is 23.2 Å². The predicted molar refractivity (Wildman–Crippen MR) is 78.8 cm³/mol. The van der Waals surface area contributed by atoms with Gasteiger partial charge in [-0.2, -0.15) is 0 Å². The second-order valence-electron chi connectivity index (χ2n) is 7.33. The van der Waals surface area contributed by atoms with E-state index in [-0.39, 0.29) is 0 Å². The van der Waals surface area contributed by atoms with Gasteiger partial charge in [0.05, 0.1) is 0 Å². The summed E-state index contributed by atoms with van der Waals surface area (Å²) in [4.78, 5) is 0. The van der Waals surface area contributed by atoms with Gasteiger partial charge in [-0.25, -0.2) is 0 Å². The molecular weight excluding hydrogens is 222 g/mol. The first-order valence-electron chi connectivity index (χ1n) is 7.58. The molecule has 18 heavy (non-hydrogen) atoms. The maximum absolute atomic E-state index is 5.38. The van der Waals surface area contributed by atoms with Crippen LogP contribution < -0.4 is 5.32 Å². The Hall–Kier alpha value is -0.0800. The van der Waals surface area contributed by atoms with Crippen LogP contribution in [0.2, 0.25) is 0 Å². The number of ether oxygens (including phenoxy) is 1. The third-order valence-corrected chi connectivity index (χ3v) is 4.53. The molecule has 0 aliphatic heterocycles. The van der Waals surface area contributed by atoms with E-state index in [9.17, 15) is 0 Å². The molecule has 0 spiro atoms. The molecule has 2 nitrogen and oxygen atoms in total. The Morgan fingerprint density at radius 1 is 1.28 bits per heavy atom. The molecular formula is C16H33NO. The van der Waals surface area contributed by atoms with Crippen molar-refractivity contribution in [2.75, 3.05) is 20.3 Å². The van der Waals surface area contributed by atoms with Crippen LogP contribution >= 0.6 is 0 Å². The van der Waals surface area contributed by atoms with Crippen molar-refractivity contribution >= 4 is 0 Å². The molecule has 1 aliphatic carbocycles. The van der Waals surface area contributed by atoms with Crippen molar-refractivity contribution in [1.82, 2.24) is 5.32 Å². The Balaban J connectivity index is 2.61. The normalized spacial score (nSPS) is 29.5. The molecule has 0 bridgehead atoms. The standard InChI is InChI=1S/C16H33NO/c1-12(2)17-10-14-7-8-16(4,5)9-15(14)13(3)11-18-6/h12-15,17H,7-11H2,1-6H3. The molecule has 3 unspecified atom stereocenters. The van der Waals surface area contributed by atoms with E-state index in [0.717, 1.165) is 18.4 Å². The molecule has 0 radical (unpaired) electrons. The summed E-state index contributed by atoms with van der Waals surface area (Å²) >= 11 is 0. The zero-order chi connectivity index (χ0) is 13.8. The van der Waals surface area contributed by atoms with Crippen LogP contribution in [-0.4, -0.2) is 26.3 Å². The minimum atomic E-state index is 0.515. The summed E-state index contributed by atoms with van der Waals surface area (Å²) in [5.41, 5.74) is 0.515. The SMILES string of the molecule is COCC(C)C1CC(C)(C)CCC1CNC(C)C. The van der Waals surface area contributed by atoms with Crippen molar-refractivity contribution in [3.8, 4) is 0 Å². The van der Waals surface area contributed by atoms with E-state index >= 15 is 0 Å². The number of rotatable bonds is 6. The molecule has 3 atom stereocenters. The van der Waals surface area contributed by atoms with Gasteiger partial charge in [-0.1, -0.05) is 34.6 Å². The highest BCUT2D eigenvalue weighted by atomic mass is 16.5. The fourth-order valence-corrected chi connectivity index (χ4v) is 3.39. The summed E-state index contributed by atoms with van der Waals surface area (Å²) in [5, 5.41) is 3.63. The molecule has 0 saturated heterocycles. The van der Waals surface area contributed by atoms with Gasteiger partial charge < -0.3 is 10.1 Å². The number of hydrogen-bond donors (Lipinski definition) is 1. The summed E-state index contributed by atoms with van der Waals surface area (Å²) < 4.78 is 5.38. The first-order chi connectivity index (χ1) is 8.35. The van der Waals surface area contributed by atoms with E-state index in [2.05, 4.69) is 39.9 Å². The van der Waals surface area contributed by atoms with Crippen molar-refractivity contribution in [2.45, 2.75) is 59.9 Å². The largest absolute Gasteiger partial charge is 0.384 e. The average Bonchev–Trinajstić information content (AvgIpc) is 2.26. The third-order valence-electron chi connectivity index (χ3n) is 4.53. The van der Waals surface area contributed by atoms with E-state index in [1.54, 1.807) is 0 Å². The van der Waals surface area contributed by atoms with Crippen LogP contribution in [0, 0.1) is 23.2 Å². The van der Waals surface area contributed by atoms with Crippen LogP contribution in [0.1, 0.15) is 53.9 Å². The van der Waals surface area contributed by atoms with Gasteiger partial charge in [0.2, 0.25) is 0 Å². The lowest BCUT2D eigenvalue weighted by Crippen LogP contribution is -2.41. The maximum atomic E-state index is 5.38. The quantitative estimate of drug-likeness (QED) is 0.781. The summed E-state index contributed by atoms with van der Waals surface area (Å²) in [6, 6.07) is 0.596. The second kappa shape index (κ2) is 6.91. The van der Waals surface area contributed by atoms with E-state index in [1.165, 1.54) is 25.8 Å². The van der Waals surface area contributed by atoms with Crippen molar-refractivity contribution in [3.05, 3.63) is 0 Å². The highest BCUT2D eigenvalue weighted by Gasteiger charge is 2.37. The smallest absolute Gasteiger partial charge is 0.0490 e. The van der Waals surface area contributed by atoms with E-state index in [1.807, 2.05) is 7.11 Å². The highest BCUT2D eigenvalue weighted by Crippen LogP contribution is 2.44. The fourth-order valence-electron chi connectivity index (χ4n) is 3.39. The summed E-state index contributed by atoms with van der Waals surface area (Å²) in [6.45, 7) is 13.8. The zero-order valence-corrected chi connectivity index (χ0v) is 13.3. The Labute approximate surface area is 114 Å². The minimum Gasteiger partial charge on any atom is -0.384 e. The van der Waals surface area contributed by atoms with Crippen LogP contribution in [0.3, 0.4) is 0 Å². The lowest BCUT2D eigenvalue weighted by molar-refractivity contribution is 0.0397. The van der Waals surface area contributed by atoms with Gasteiger partial charge in [0.1, 0.15) is 0 Å². The molecule has 1 saturated carbocycles. The molecule has 108 valence electrons. The van der Waals surface area contributed by atoms with E-state index in [4.69, 9.17) is 4.74 Å². The Kier molecular flexibility index (Phi) is 6.13. The summed E-state index contributed by atoms with van der Waals surface area (Å²) in [7, 11) is 1.83. The average molecular weight is 255 g/mol. The molecule has 0 aromatic rings. The molecule has 1 rings (SSSR count). The maximum Gasteiger partial charge on any atom is 0.0490 e. The molecule has 1 fully saturated rings. The van der Waals surface area contributed by atoms with Crippen molar-refractivity contribution in [3.63, 3.8) is 0 Å². The lowest BCUT2D eigenvalue weighted by atomic mass is 9.63. The van der Waals surface area contributed by atoms with Gasteiger partial charge in [-0.3, -0.25) is 0 Å². The van der Waals surface area contributed by atoms with Gasteiger partial charge in [-0.15, -0.1) is 0 Å². The van der Waals surface area contributed by atoms with Crippen LogP contribution in [-0.2, 0) is 4.74 Å². The van der Waals surface area contributed by atoms with Crippen LogP contribution in [0.4, 0.5) is 0 Å². The first-order valence-corrected chi connectivity index (χ1v) is 7.58. The molecule has 1 aliphatic rings. The number of methoxy groups -OCH3 is 1. The molecule has 0 amide bonds. The van der Waals surface area contributed by atoms with Gasteiger partial charge in [0, 0.05) is 19.8 Å². The second-order valence-corrected chi connectivity index (χ2v) is 7.33. The van der Waals surface area contributed by atoms with Crippen molar-refractivity contribution in [1.29, 1.82) is 0 Å². The van der Waals surface area contributed by atoms with Gasteiger partial charge in [-0.05, 0) is 49.0 Å². The number of nitrogens with one attached hydrogen (secondary N) is 1. The summed E-state index contributed by atoms with van der Waals surface area (Å²) in [5.74, 6) is 2.30. The molecule has 0 heterocycles. The lowest BCUT2D eigenvalue weighted by Gasteiger charge is -2.43. The zero-order valence-electron chi connectivity index (χ0n) is 13.3.